The second-order valence-electron chi connectivity index (χ2n) is 7.55. The summed E-state index contributed by atoms with van der Waals surface area (Å²) < 4.78 is 0. The van der Waals surface area contributed by atoms with Gasteiger partial charge in [-0.25, -0.2) is 0 Å². The van der Waals surface area contributed by atoms with E-state index >= 15 is 0 Å². The highest BCUT2D eigenvalue weighted by atomic mass is 35.5. The van der Waals surface area contributed by atoms with Crippen LogP contribution in [0.15, 0.2) is 48.5 Å². The molecule has 2 aromatic carbocycles. The maximum atomic E-state index is 12.8. The van der Waals surface area contributed by atoms with E-state index in [4.69, 9.17) is 23.2 Å². The Balaban J connectivity index is 1.65. The molecule has 1 saturated heterocycles. The number of hydrogen-bond acceptors (Lipinski definition) is 4. The number of nitro benzene ring substituents is 1. The van der Waals surface area contributed by atoms with Gasteiger partial charge in [-0.2, -0.15) is 0 Å². The number of piperazine rings is 1. The summed E-state index contributed by atoms with van der Waals surface area (Å²) in [5.41, 5.74) is 1.56. The van der Waals surface area contributed by atoms with Crippen LogP contribution in [0.3, 0.4) is 0 Å². The third kappa shape index (κ3) is 5.39. The van der Waals surface area contributed by atoms with Crippen LogP contribution in [-0.4, -0.2) is 45.8 Å². The summed E-state index contributed by atoms with van der Waals surface area (Å²) in [7, 11) is 0. The van der Waals surface area contributed by atoms with Crippen LogP contribution in [0, 0.1) is 10.1 Å². The van der Waals surface area contributed by atoms with Gasteiger partial charge in [-0.3, -0.25) is 19.8 Å². The molecule has 2 atom stereocenters. The summed E-state index contributed by atoms with van der Waals surface area (Å²) in [5.74, 6) is -0.113. The third-order valence-corrected chi connectivity index (χ3v) is 5.85. The standard InChI is InChI=1S/C22H23Cl2N3O3/c1-15-13-26(16(2)12-25(15)14-18-3-7-19(23)8-4-18)22(28)10-6-17-5-9-20(24)21(11-17)27(29)30/h3-11,15-16H,12-14H2,1-2H3/t15-,16+/m0/s1. The summed E-state index contributed by atoms with van der Waals surface area (Å²) in [6, 6.07) is 12.5. The Bertz CT molecular complexity index is 963. The number of nitrogens with zero attached hydrogens (tertiary/aromatic N) is 3. The first-order valence-corrected chi connectivity index (χ1v) is 10.4. The third-order valence-electron chi connectivity index (χ3n) is 5.28. The number of nitro groups is 1. The molecule has 30 heavy (non-hydrogen) atoms. The van der Waals surface area contributed by atoms with Crippen molar-refractivity contribution in [3.8, 4) is 0 Å². The number of halogens is 2. The first-order valence-electron chi connectivity index (χ1n) is 9.65. The van der Waals surface area contributed by atoms with Crippen LogP contribution in [0.4, 0.5) is 5.69 Å². The molecule has 0 aliphatic carbocycles. The summed E-state index contributed by atoms with van der Waals surface area (Å²) in [5, 5.41) is 11.8. The first kappa shape index (κ1) is 22.3. The number of amides is 1. The van der Waals surface area contributed by atoms with E-state index in [1.807, 2.05) is 36.1 Å². The normalized spacial score (nSPS) is 19.9. The van der Waals surface area contributed by atoms with Crippen LogP contribution in [0.1, 0.15) is 25.0 Å². The number of carbonyl (C=O) groups is 1. The van der Waals surface area contributed by atoms with Gasteiger partial charge in [-0.15, -0.1) is 0 Å². The summed E-state index contributed by atoms with van der Waals surface area (Å²) in [6.45, 7) is 6.30. The van der Waals surface area contributed by atoms with E-state index in [0.717, 1.165) is 13.1 Å². The average molecular weight is 448 g/mol. The van der Waals surface area contributed by atoms with Gasteiger partial charge >= 0.3 is 0 Å². The number of rotatable bonds is 5. The molecule has 1 aliphatic rings. The van der Waals surface area contributed by atoms with Gasteiger partial charge < -0.3 is 4.90 Å². The lowest BCUT2D eigenvalue weighted by Crippen LogP contribution is -2.57. The molecular formula is C22H23Cl2N3O3. The van der Waals surface area contributed by atoms with E-state index < -0.39 is 4.92 Å². The molecule has 1 heterocycles. The van der Waals surface area contributed by atoms with Crippen LogP contribution < -0.4 is 0 Å². The van der Waals surface area contributed by atoms with Gasteiger partial charge in [0.2, 0.25) is 5.91 Å². The molecule has 0 N–H and O–H groups in total. The van der Waals surface area contributed by atoms with Crippen LogP contribution in [-0.2, 0) is 11.3 Å². The largest absolute Gasteiger partial charge is 0.334 e. The van der Waals surface area contributed by atoms with Crippen LogP contribution in [0.2, 0.25) is 10.0 Å². The summed E-state index contributed by atoms with van der Waals surface area (Å²) >= 11 is 11.8. The summed E-state index contributed by atoms with van der Waals surface area (Å²) in [6.07, 6.45) is 3.05. The van der Waals surface area contributed by atoms with Crippen molar-refractivity contribution in [3.05, 3.63) is 79.8 Å². The minimum absolute atomic E-state index is 0.0465. The molecule has 1 fully saturated rings. The molecular weight excluding hydrogens is 425 g/mol. The monoisotopic (exact) mass is 447 g/mol. The Hall–Kier alpha value is -2.41. The maximum absolute atomic E-state index is 12.8. The van der Waals surface area contributed by atoms with E-state index in [9.17, 15) is 14.9 Å². The average Bonchev–Trinajstić information content (AvgIpc) is 2.71. The molecule has 8 heteroatoms. The quantitative estimate of drug-likeness (QED) is 0.365. The van der Waals surface area contributed by atoms with Crippen molar-refractivity contribution in [1.82, 2.24) is 9.80 Å². The second-order valence-corrected chi connectivity index (χ2v) is 8.39. The van der Waals surface area contributed by atoms with Crippen molar-refractivity contribution in [2.75, 3.05) is 13.1 Å². The molecule has 0 aromatic heterocycles. The molecule has 3 rings (SSSR count). The van der Waals surface area contributed by atoms with Crippen molar-refractivity contribution >= 4 is 40.9 Å². The Morgan fingerprint density at radius 3 is 2.50 bits per heavy atom. The fraction of sp³-hybridized carbons (Fsp3) is 0.318. The Labute approximate surface area is 185 Å². The lowest BCUT2D eigenvalue weighted by molar-refractivity contribution is -0.384. The van der Waals surface area contributed by atoms with E-state index in [2.05, 4.69) is 11.8 Å². The van der Waals surface area contributed by atoms with Crippen LogP contribution >= 0.6 is 23.2 Å². The van der Waals surface area contributed by atoms with Gasteiger partial charge in [0.15, 0.2) is 0 Å². The number of carbonyl (C=O) groups excluding carboxylic acids is 1. The highest BCUT2D eigenvalue weighted by Gasteiger charge is 2.31. The number of benzene rings is 2. The lowest BCUT2D eigenvalue weighted by Gasteiger charge is -2.44. The van der Waals surface area contributed by atoms with Gasteiger partial charge in [0.25, 0.3) is 5.69 Å². The van der Waals surface area contributed by atoms with E-state index in [1.165, 1.54) is 23.8 Å². The molecule has 0 bridgehead atoms. The first-order chi connectivity index (χ1) is 14.2. The zero-order valence-electron chi connectivity index (χ0n) is 16.8. The smallest absolute Gasteiger partial charge is 0.288 e. The topological polar surface area (TPSA) is 66.7 Å². The number of hydrogen-bond donors (Lipinski definition) is 0. The maximum Gasteiger partial charge on any atom is 0.288 e. The highest BCUT2D eigenvalue weighted by molar-refractivity contribution is 6.32. The predicted molar refractivity (Wildman–Crippen MR) is 120 cm³/mol. The molecule has 1 aliphatic heterocycles. The van der Waals surface area contributed by atoms with Crippen molar-refractivity contribution in [2.24, 2.45) is 0 Å². The molecule has 0 saturated carbocycles. The van der Waals surface area contributed by atoms with Crippen molar-refractivity contribution in [2.45, 2.75) is 32.5 Å². The molecule has 0 radical (unpaired) electrons. The summed E-state index contributed by atoms with van der Waals surface area (Å²) in [4.78, 5) is 27.4. The second kappa shape index (κ2) is 9.60. The van der Waals surface area contributed by atoms with Gasteiger partial charge in [0, 0.05) is 48.9 Å². The molecule has 2 aromatic rings. The fourth-order valence-corrected chi connectivity index (χ4v) is 3.90. The van der Waals surface area contributed by atoms with E-state index in [0.29, 0.717) is 17.1 Å². The van der Waals surface area contributed by atoms with Crippen LogP contribution in [0.25, 0.3) is 6.08 Å². The van der Waals surface area contributed by atoms with Crippen molar-refractivity contribution in [1.29, 1.82) is 0 Å². The van der Waals surface area contributed by atoms with E-state index in [-0.39, 0.29) is 28.7 Å². The molecule has 0 unspecified atom stereocenters. The van der Waals surface area contributed by atoms with Gasteiger partial charge in [0.1, 0.15) is 5.02 Å². The van der Waals surface area contributed by atoms with E-state index in [1.54, 1.807) is 12.1 Å². The predicted octanol–water partition coefficient (Wildman–Crippen LogP) is 5.04. The molecule has 1 amide bonds. The van der Waals surface area contributed by atoms with Gasteiger partial charge in [0.05, 0.1) is 4.92 Å². The minimum atomic E-state index is -0.537. The zero-order valence-corrected chi connectivity index (χ0v) is 18.3. The van der Waals surface area contributed by atoms with Gasteiger partial charge in [-0.05, 0) is 49.2 Å². The SMILES string of the molecule is C[C@@H]1CN(Cc2ccc(Cl)cc2)[C@@H](C)CN1C(=O)C=Cc1ccc(Cl)c([N+](=O)[O-])c1. The Morgan fingerprint density at radius 1 is 1.13 bits per heavy atom. The minimum Gasteiger partial charge on any atom is -0.334 e. The molecule has 158 valence electrons. The zero-order chi connectivity index (χ0) is 21.8. The molecule has 0 spiro atoms. The Morgan fingerprint density at radius 2 is 1.83 bits per heavy atom. The van der Waals surface area contributed by atoms with Crippen LogP contribution in [0.5, 0.6) is 0 Å². The van der Waals surface area contributed by atoms with Gasteiger partial charge in [-0.1, -0.05) is 41.4 Å². The highest BCUT2D eigenvalue weighted by Crippen LogP contribution is 2.26. The molecule has 6 nitrogen and oxygen atoms in total. The Kier molecular flexibility index (Phi) is 7.13. The van der Waals surface area contributed by atoms with Crippen molar-refractivity contribution in [3.63, 3.8) is 0 Å². The lowest BCUT2D eigenvalue weighted by atomic mass is 10.1. The fourth-order valence-electron chi connectivity index (χ4n) is 3.59. The van der Waals surface area contributed by atoms with Crippen molar-refractivity contribution < 1.29 is 9.72 Å².